The molecule has 1 amide bonds. The van der Waals surface area contributed by atoms with E-state index in [0.29, 0.717) is 18.2 Å². The number of rotatable bonds is 7. The number of nitrogens with zero attached hydrogens (tertiary/aromatic N) is 1. The maximum absolute atomic E-state index is 12.3. The first-order valence-corrected chi connectivity index (χ1v) is 8.19. The van der Waals surface area contributed by atoms with Crippen molar-refractivity contribution in [2.45, 2.75) is 31.8 Å². The van der Waals surface area contributed by atoms with Crippen LogP contribution in [0, 0.1) is 5.92 Å². The molecule has 0 saturated carbocycles. The van der Waals surface area contributed by atoms with E-state index in [4.69, 9.17) is 0 Å². The molecule has 0 fully saturated rings. The number of carbonyl (C=O) groups is 1. The van der Waals surface area contributed by atoms with Crippen molar-refractivity contribution in [1.29, 1.82) is 0 Å². The van der Waals surface area contributed by atoms with Gasteiger partial charge in [-0.05, 0) is 25.0 Å². The van der Waals surface area contributed by atoms with E-state index in [1.165, 1.54) is 13.1 Å². The second-order valence-corrected chi connectivity index (χ2v) is 6.72. The van der Waals surface area contributed by atoms with E-state index in [1.54, 1.807) is 19.2 Å². The summed E-state index contributed by atoms with van der Waals surface area (Å²) in [6, 6.07) is 2.36. The van der Waals surface area contributed by atoms with Crippen molar-refractivity contribution in [3.05, 3.63) is 18.3 Å². The Kier molecular flexibility index (Phi) is 6.10. The van der Waals surface area contributed by atoms with E-state index in [1.807, 2.05) is 13.8 Å². The summed E-state index contributed by atoms with van der Waals surface area (Å²) in [6.45, 7) is 5.91. The standard InChI is InChI=1S/C13H22N4O3S/c1-9(2)8-16-12(18)10(3)17-21(19,20)13-11(14-4)6-5-7-15-13/h5-7,9-10,14,17H,8H2,1-4H3,(H,16,18). The molecule has 1 atom stereocenters. The molecular formula is C13H22N4O3S. The number of carbonyl (C=O) groups excluding carboxylic acids is 1. The van der Waals surface area contributed by atoms with Gasteiger partial charge in [0.15, 0.2) is 5.03 Å². The summed E-state index contributed by atoms with van der Waals surface area (Å²) in [5.41, 5.74) is 0.375. The largest absolute Gasteiger partial charge is 0.386 e. The highest BCUT2D eigenvalue weighted by Crippen LogP contribution is 2.17. The number of pyridine rings is 1. The molecule has 7 nitrogen and oxygen atoms in total. The molecule has 0 aliphatic carbocycles. The molecule has 1 rings (SSSR count). The first-order valence-electron chi connectivity index (χ1n) is 6.70. The first-order chi connectivity index (χ1) is 9.77. The minimum absolute atomic E-state index is 0.129. The number of anilines is 1. The third-order valence-corrected chi connectivity index (χ3v) is 4.20. The van der Waals surface area contributed by atoms with Gasteiger partial charge in [0.05, 0.1) is 11.7 Å². The van der Waals surface area contributed by atoms with Crippen LogP contribution in [0.3, 0.4) is 0 Å². The van der Waals surface area contributed by atoms with Crippen LogP contribution in [-0.2, 0) is 14.8 Å². The molecule has 21 heavy (non-hydrogen) atoms. The van der Waals surface area contributed by atoms with Gasteiger partial charge in [-0.25, -0.2) is 13.4 Å². The molecule has 0 aliphatic heterocycles. The number of amides is 1. The molecule has 0 saturated heterocycles. The lowest BCUT2D eigenvalue weighted by Gasteiger charge is -2.16. The molecule has 118 valence electrons. The van der Waals surface area contributed by atoms with Gasteiger partial charge in [0.25, 0.3) is 10.0 Å². The second kappa shape index (κ2) is 7.37. The van der Waals surface area contributed by atoms with Crippen molar-refractivity contribution in [3.63, 3.8) is 0 Å². The number of hydrogen-bond donors (Lipinski definition) is 3. The van der Waals surface area contributed by atoms with Crippen LogP contribution in [0.1, 0.15) is 20.8 Å². The molecule has 1 heterocycles. The van der Waals surface area contributed by atoms with Crippen LogP contribution in [-0.4, -0.2) is 38.9 Å². The first kappa shape index (κ1) is 17.4. The van der Waals surface area contributed by atoms with Gasteiger partial charge in [-0.2, -0.15) is 4.72 Å². The Labute approximate surface area is 125 Å². The van der Waals surface area contributed by atoms with Crippen LogP contribution >= 0.6 is 0 Å². The summed E-state index contributed by atoms with van der Waals surface area (Å²) in [5, 5.41) is 5.32. The van der Waals surface area contributed by atoms with E-state index >= 15 is 0 Å². The van der Waals surface area contributed by atoms with Crippen LogP contribution in [0.25, 0.3) is 0 Å². The SMILES string of the molecule is CNc1cccnc1S(=O)(=O)NC(C)C(=O)NCC(C)C. The molecule has 0 aliphatic rings. The highest BCUT2D eigenvalue weighted by molar-refractivity contribution is 7.89. The number of nitrogens with one attached hydrogen (secondary N) is 3. The third-order valence-electron chi connectivity index (χ3n) is 2.70. The average Bonchev–Trinajstić information content (AvgIpc) is 2.44. The average molecular weight is 314 g/mol. The molecular weight excluding hydrogens is 292 g/mol. The zero-order chi connectivity index (χ0) is 16.0. The lowest BCUT2D eigenvalue weighted by atomic mass is 10.2. The van der Waals surface area contributed by atoms with Gasteiger partial charge in [-0.15, -0.1) is 0 Å². The Hall–Kier alpha value is -1.67. The summed E-state index contributed by atoms with van der Waals surface area (Å²) >= 11 is 0. The van der Waals surface area contributed by atoms with Crippen LogP contribution in [0.5, 0.6) is 0 Å². The zero-order valence-electron chi connectivity index (χ0n) is 12.7. The molecule has 3 N–H and O–H groups in total. The molecule has 0 aromatic carbocycles. The second-order valence-electron chi connectivity index (χ2n) is 5.09. The van der Waals surface area contributed by atoms with Gasteiger partial charge in [0.1, 0.15) is 0 Å². The van der Waals surface area contributed by atoms with Crippen molar-refractivity contribution in [2.75, 3.05) is 18.9 Å². The fourth-order valence-electron chi connectivity index (χ4n) is 1.60. The highest BCUT2D eigenvalue weighted by atomic mass is 32.2. The van der Waals surface area contributed by atoms with Crippen molar-refractivity contribution < 1.29 is 13.2 Å². The molecule has 1 unspecified atom stereocenters. The van der Waals surface area contributed by atoms with E-state index in [0.717, 1.165) is 0 Å². The normalized spacial score (nSPS) is 13.0. The van der Waals surface area contributed by atoms with Gasteiger partial charge in [-0.3, -0.25) is 4.79 Å². The smallest absolute Gasteiger partial charge is 0.260 e. The molecule has 8 heteroatoms. The van der Waals surface area contributed by atoms with E-state index < -0.39 is 16.1 Å². The minimum atomic E-state index is -3.87. The van der Waals surface area contributed by atoms with Crippen molar-refractivity contribution in [1.82, 2.24) is 15.0 Å². The van der Waals surface area contributed by atoms with Crippen LogP contribution in [0.2, 0.25) is 0 Å². The predicted molar refractivity (Wildman–Crippen MR) is 81.4 cm³/mol. The van der Waals surface area contributed by atoms with E-state index in [2.05, 4.69) is 20.3 Å². The molecule has 0 spiro atoms. The fraction of sp³-hybridized carbons (Fsp3) is 0.538. The summed E-state index contributed by atoms with van der Waals surface area (Å²) in [4.78, 5) is 15.7. The number of aromatic nitrogens is 1. The lowest BCUT2D eigenvalue weighted by molar-refractivity contribution is -0.122. The quantitative estimate of drug-likeness (QED) is 0.683. The minimum Gasteiger partial charge on any atom is -0.386 e. The molecule has 0 bridgehead atoms. The van der Waals surface area contributed by atoms with Crippen LogP contribution < -0.4 is 15.4 Å². The van der Waals surface area contributed by atoms with Gasteiger partial charge < -0.3 is 10.6 Å². The fourth-order valence-corrected chi connectivity index (χ4v) is 2.94. The van der Waals surface area contributed by atoms with Crippen LogP contribution in [0.15, 0.2) is 23.4 Å². The number of sulfonamides is 1. The van der Waals surface area contributed by atoms with E-state index in [-0.39, 0.29) is 10.9 Å². The van der Waals surface area contributed by atoms with Gasteiger partial charge in [0.2, 0.25) is 5.91 Å². The van der Waals surface area contributed by atoms with Crippen molar-refractivity contribution >= 4 is 21.6 Å². The summed E-state index contributed by atoms with van der Waals surface area (Å²) < 4.78 is 26.9. The lowest BCUT2D eigenvalue weighted by Crippen LogP contribution is -2.45. The maximum atomic E-state index is 12.3. The summed E-state index contributed by atoms with van der Waals surface area (Å²) in [6.07, 6.45) is 1.39. The summed E-state index contributed by atoms with van der Waals surface area (Å²) in [7, 11) is -2.26. The predicted octanol–water partition coefficient (Wildman–Crippen LogP) is 0.562. The summed E-state index contributed by atoms with van der Waals surface area (Å²) in [5.74, 6) is -0.0707. The molecule has 1 aromatic rings. The van der Waals surface area contributed by atoms with Gasteiger partial charge >= 0.3 is 0 Å². The molecule has 1 aromatic heterocycles. The Morgan fingerprint density at radius 2 is 2.00 bits per heavy atom. The highest BCUT2D eigenvalue weighted by Gasteiger charge is 2.25. The Balaban J connectivity index is 2.83. The Morgan fingerprint density at radius 3 is 2.57 bits per heavy atom. The topological polar surface area (TPSA) is 100 Å². The maximum Gasteiger partial charge on any atom is 0.260 e. The van der Waals surface area contributed by atoms with E-state index in [9.17, 15) is 13.2 Å². The number of hydrogen-bond acceptors (Lipinski definition) is 5. The van der Waals surface area contributed by atoms with Crippen molar-refractivity contribution in [2.24, 2.45) is 5.92 Å². The monoisotopic (exact) mass is 314 g/mol. The van der Waals surface area contributed by atoms with Crippen molar-refractivity contribution in [3.8, 4) is 0 Å². The van der Waals surface area contributed by atoms with Gasteiger partial charge in [-0.1, -0.05) is 13.8 Å². The van der Waals surface area contributed by atoms with Gasteiger partial charge in [0, 0.05) is 19.8 Å². The zero-order valence-corrected chi connectivity index (χ0v) is 13.5. The Morgan fingerprint density at radius 1 is 1.33 bits per heavy atom. The Bertz CT molecular complexity index is 587. The molecule has 0 radical (unpaired) electrons. The van der Waals surface area contributed by atoms with Crippen LogP contribution in [0.4, 0.5) is 5.69 Å². The third kappa shape index (κ3) is 4.98.